The second kappa shape index (κ2) is 3.85. The molecular weight excluding hydrogens is 200 g/mol. The van der Waals surface area contributed by atoms with Crippen molar-refractivity contribution in [3.8, 4) is 11.5 Å². The number of hydrogen-bond acceptors (Lipinski definition) is 2. The highest BCUT2D eigenvalue weighted by Gasteiger charge is 2.29. The summed E-state index contributed by atoms with van der Waals surface area (Å²) in [4.78, 5) is 0. The van der Waals surface area contributed by atoms with Gasteiger partial charge in [-0.1, -0.05) is 12.5 Å². The Hall–Kier alpha value is -1.44. The highest BCUT2D eigenvalue weighted by molar-refractivity contribution is 5.86. The molecule has 0 aromatic heterocycles. The van der Waals surface area contributed by atoms with Crippen LogP contribution in [0.25, 0.3) is 5.57 Å². The molecule has 0 bridgehead atoms. The number of rotatable bonds is 2. The van der Waals surface area contributed by atoms with Crippen LogP contribution in [0.3, 0.4) is 0 Å². The van der Waals surface area contributed by atoms with E-state index in [0.29, 0.717) is 0 Å². The molecule has 0 saturated heterocycles. The molecule has 0 fully saturated rings. The maximum atomic E-state index is 5.42. The summed E-state index contributed by atoms with van der Waals surface area (Å²) in [7, 11) is 3.41. The van der Waals surface area contributed by atoms with E-state index >= 15 is 0 Å². The Morgan fingerprint density at radius 3 is 1.75 bits per heavy atom. The van der Waals surface area contributed by atoms with Crippen LogP contribution >= 0.6 is 0 Å². The second-order valence-corrected chi connectivity index (χ2v) is 4.10. The molecule has 0 heterocycles. The van der Waals surface area contributed by atoms with Crippen molar-refractivity contribution in [1.29, 1.82) is 0 Å². The SMILES string of the molecule is COc1ccc(OC)c2c1[C](C)C(C)=C2C. The summed E-state index contributed by atoms with van der Waals surface area (Å²) in [6, 6.07) is 3.93. The smallest absolute Gasteiger partial charge is 0.126 e. The van der Waals surface area contributed by atoms with Crippen molar-refractivity contribution in [3.63, 3.8) is 0 Å². The second-order valence-electron chi connectivity index (χ2n) is 4.10. The molecule has 0 atom stereocenters. The summed E-state index contributed by atoms with van der Waals surface area (Å²) in [5, 5.41) is 0. The normalized spacial score (nSPS) is 15.3. The Bertz CT molecular complexity index is 458. The number of methoxy groups -OCH3 is 2. The van der Waals surface area contributed by atoms with Crippen molar-refractivity contribution < 1.29 is 9.47 Å². The van der Waals surface area contributed by atoms with E-state index in [1.165, 1.54) is 28.2 Å². The van der Waals surface area contributed by atoms with Crippen LogP contribution in [-0.4, -0.2) is 14.2 Å². The molecule has 2 heteroatoms. The van der Waals surface area contributed by atoms with Crippen LogP contribution in [0.5, 0.6) is 11.5 Å². The predicted octanol–water partition coefficient (Wildman–Crippen LogP) is 3.45. The van der Waals surface area contributed by atoms with Crippen LogP contribution in [0.1, 0.15) is 31.9 Å². The van der Waals surface area contributed by atoms with E-state index in [9.17, 15) is 0 Å². The van der Waals surface area contributed by atoms with Crippen molar-refractivity contribution in [1.82, 2.24) is 0 Å². The number of ether oxygens (including phenoxy) is 2. The molecule has 1 aromatic rings. The van der Waals surface area contributed by atoms with Crippen LogP contribution in [0.15, 0.2) is 17.7 Å². The molecule has 0 saturated carbocycles. The van der Waals surface area contributed by atoms with Gasteiger partial charge in [-0.3, -0.25) is 0 Å². The predicted molar refractivity (Wildman–Crippen MR) is 65.8 cm³/mol. The van der Waals surface area contributed by atoms with Crippen LogP contribution < -0.4 is 9.47 Å². The lowest BCUT2D eigenvalue weighted by Gasteiger charge is -2.14. The third-order valence-electron chi connectivity index (χ3n) is 3.44. The standard InChI is InChI=1S/C14H17O2/c1-8-9(2)13-11(15-4)6-7-12(16-5)14(13)10(8)3/h6-7H,1-5H3. The number of benzene rings is 1. The molecular formula is C14H17O2. The molecule has 1 radical (unpaired) electrons. The maximum absolute atomic E-state index is 5.42. The van der Waals surface area contributed by atoms with Crippen LogP contribution in [-0.2, 0) is 0 Å². The van der Waals surface area contributed by atoms with Gasteiger partial charge >= 0.3 is 0 Å². The molecule has 0 spiro atoms. The fraction of sp³-hybridized carbons (Fsp3) is 0.357. The first-order valence-corrected chi connectivity index (χ1v) is 5.39. The summed E-state index contributed by atoms with van der Waals surface area (Å²) in [5.74, 6) is 3.12. The molecule has 0 N–H and O–H groups in total. The number of fused-ring (bicyclic) bond motifs is 1. The van der Waals surface area contributed by atoms with Crippen molar-refractivity contribution in [2.75, 3.05) is 14.2 Å². The minimum absolute atomic E-state index is 0.921. The zero-order valence-electron chi connectivity index (χ0n) is 10.5. The van der Waals surface area contributed by atoms with Crippen LogP contribution in [0.2, 0.25) is 0 Å². The quantitative estimate of drug-likeness (QED) is 0.755. The average Bonchev–Trinajstić information content (AvgIpc) is 2.54. The van der Waals surface area contributed by atoms with Crippen molar-refractivity contribution in [2.24, 2.45) is 0 Å². The first kappa shape index (κ1) is 11.1. The third-order valence-corrected chi connectivity index (χ3v) is 3.44. The zero-order valence-corrected chi connectivity index (χ0v) is 10.5. The summed E-state index contributed by atoms with van der Waals surface area (Å²) in [6.45, 7) is 6.41. The van der Waals surface area contributed by atoms with Gasteiger partial charge in [0, 0.05) is 17.0 Å². The summed E-state index contributed by atoms with van der Waals surface area (Å²) >= 11 is 0. The zero-order chi connectivity index (χ0) is 11.9. The Kier molecular flexibility index (Phi) is 2.66. The lowest BCUT2D eigenvalue weighted by Crippen LogP contribution is -1.98. The Balaban J connectivity index is 2.72. The molecule has 0 aliphatic heterocycles. The largest absolute Gasteiger partial charge is 0.496 e. The lowest BCUT2D eigenvalue weighted by atomic mass is 9.97. The summed E-state index contributed by atoms with van der Waals surface area (Å²) in [6.07, 6.45) is 0. The van der Waals surface area contributed by atoms with Gasteiger partial charge < -0.3 is 9.47 Å². The number of hydrogen-bond donors (Lipinski definition) is 0. The Morgan fingerprint density at radius 1 is 0.750 bits per heavy atom. The van der Waals surface area contributed by atoms with E-state index in [4.69, 9.17) is 9.47 Å². The summed E-state index contributed by atoms with van der Waals surface area (Å²) in [5.41, 5.74) is 4.95. The van der Waals surface area contributed by atoms with Gasteiger partial charge in [-0.2, -0.15) is 0 Å². The molecule has 0 unspecified atom stereocenters. The van der Waals surface area contributed by atoms with Gasteiger partial charge in [0.1, 0.15) is 11.5 Å². The fourth-order valence-electron chi connectivity index (χ4n) is 2.31. The van der Waals surface area contributed by atoms with Crippen LogP contribution in [0.4, 0.5) is 0 Å². The van der Waals surface area contributed by atoms with Gasteiger partial charge in [-0.15, -0.1) is 0 Å². The molecule has 1 aliphatic carbocycles. The van der Waals surface area contributed by atoms with Crippen molar-refractivity contribution >= 4 is 5.57 Å². The van der Waals surface area contributed by atoms with Crippen molar-refractivity contribution in [3.05, 3.63) is 34.8 Å². The van der Waals surface area contributed by atoms with Crippen LogP contribution in [0, 0.1) is 5.92 Å². The minimum atomic E-state index is 0.921. The first-order chi connectivity index (χ1) is 7.61. The highest BCUT2D eigenvalue weighted by Crippen LogP contribution is 2.48. The number of allylic oxidation sites excluding steroid dienone is 2. The topological polar surface area (TPSA) is 18.5 Å². The molecule has 1 aliphatic rings. The lowest BCUT2D eigenvalue weighted by molar-refractivity contribution is 0.400. The minimum Gasteiger partial charge on any atom is -0.496 e. The molecule has 0 amide bonds. The highest BCUT2D eigenvalue weighted by atomic mass is 16.5. The van der Waals surface area contributed by atoms with Gasteiger partial charge in [0.2, 0.25) is 0 Å². The monoisotopic (exact) mass is 217 g/mol. The van der Waals surface area contributed by atoms with Crippen molar-refractivity contribution in [2.45, 2.75) is 20.8 Å². The molecule has 16 heavy (non-hydrogen) atoms. The fourth-order valence-corrected chi connectivity index (χ4v) is 2.31. The molecule has 85 valence electrons. The first-order valence-electron chi connectivity index (χ1n) is 5.39. The van der Waals surface area contributed by atoms with Gasteiger partial charge in [0.25, 0.3) is 0 Å². The van der Waals surface area contributed by atoms with E-state index < -0.39 is 0 Å². The van der Waals surface area contributed by atoms with Gasteiger partial charge in [0.05, 0.1) is 14.2 Å². The Labute approximate surface area is 96.9 Å². The maximum Gasteiger partial charge on any atom is 0.126 e. The van der Waals surface area contributed by atoms with Gasteiger partial charge in [-0.05, 0) is 31.6 Å². The van der Waals surface area contributed by atoms with E-state index in [-0.39, 0.29) is 0 Å². The molecule has 2 nitrogen and oxygen atoms in total. The van der Waals surface area contributed by atoms with E-state index in [1.54, 1.807) is 14.2 Å². The van der Waals surface area contributed by atoms with E-state index in [1.807, 2.05) is 12.1 Å². The summed E-state index contributed by atoms with van der Waals surface area (Å²) < 4.78 is 10.8. The van der Waals surface area contributed by atoms with Gasteiger partial charge in [-0.25, -0.2) is 0 Å². The molecule has 1 aromatic carbocycles. The van der Waals surface area contributed by atoms with E-state index in [2.05, 4.69) is 20.8 Å². The van der Waals surface area contributed by atoms with Gasteiger partial charge in [0.15, 0.2) is 0 Å². The third kappa shape index (κ3) is 1.33. The Morgan fingerprint density at radius 2 is 1.25 bits per heavy atom. The average molecular weight is 217 g/mol. The molecule has 2 rings (SSSR count). The van der Waals surface area contributed by atoms with E-state index in [0.717, 1.165) is 11.5 Å².